The number of likely N-dealkylation sites (tertiary alicyclic amines) is 1. The molecule has 0 saturated carbocycles. The zero-order valence-electron chi connectivity index (χ0n) is 9.34. The number of likely N-dealkylation sites (N-methyl/N-ethyl adjacent to an activating group) is 1. The lowest BCUT2D eigenvalue weighted by molar-refractivity contribution is -0.136. The van der Waals surface area contributed by atoms with E-state index in [4.69, 9.17) is 34.8 Å². The molecule has 96 valence electrons. The number of amides is 2. The van der Waals surface area contributed by atoms with Crippen LogP contribution in [0.2, 0.25) is 15.1 Å². The molecule has 1 aliphatic heterocycles. The van der Waals surface area contributed by atoms with Gasteiger partial charge in [-0.05, 0) is 12.1 Å². The third-order valence-corrected chi connectivity index (χ3v) is 3.76. The SMILES string of the molecule is CN1C(=O)CC(Nc2cc(Cl)c(Cl)cc2Cl)C1=O. The Hall–Kier alpha value is -0.970. The molecule has 0 aliphatic carbocycles. The van der Waals surface area contributed by atoms with Crippen molar-refractivity contribution in [3.05, 3.63) is 27.2 Å². The first kappa shape index (κ1) is 13.5. The first-order chi connectivity index (χ1) is 8.40. The number of hydrogen-bond donors (Lipinski definition) is 1. The van der Waals surface area contributed by atoms with Gasteiger partial charge in [-0.2, -0.15) is 0 Å². The van der Waals surface area contributed by atoms with E-state index in [1.807, 2.05) is 0 Å². The molecule has 1 heterocycles. The van der Waals surface area contributed by atoms with Crippen molar-refractivity contribution in [3.8, 4) is 0 Å². The van der Waals surface area contributed by atoms with Crippen LogP contribution in [-0.4, -0.2) is 29.8 Å². The van der Waals surface area contributed by atoms with Crippen LogP contribution in [-0.2, 0) is 9.59 Å². The summed E-state index contributed by atoms with van der Waals surface area (Å²) in [7, 11) is 1.45. The zero-order valence-corrected chi connectivity index (χ0v) is 11.6. The average Bonchev–Trinajstić information content (AvgIpc) is 2.54. The minimum atomic E-state index is -0.614. The van der Waals surface area contributed by atoms with Gasteiger partial charge in [0.1, 0.15) is 6.04 Å². The zero-order chi connectivity index (χ0) is 13.4. The largest absolute Gasteiger partial charge is 0.372 e. The maximum absolute atomic E-state index is 11.7. The Balaban J connectivity index is 2.23. The van der Waals surface area contributed by atoms with E-state index in [2.05, 4.69) is 5.32 Å². The molecule has 1 fully saturated rings. The van der Waals surface area contributed by atoms with E-state index in [9.17, 15) is 9.59 Å². The highest BCUT2D eigenvalue weighted by molar-refractivity contribution is 6.44. The van der Waals surface area contributed by atoms with E-state index in [0.717, 1.165) is 4.90 Å². The molecular formula is C11H9Cl3N2O2. The predicted octanol–water partition coefficient (Wildman–Crippen LogP) is 2.82. The van der Waals surface area contributed by atoms with Crippen molar-refractivity contribution in [2.75, 3.05) is 12.4 Å². The van der Waals surface area contributed by atoms with Crippen LogP contribution >= 0.6 is 34.8 Å². The Bertz CT molecular complexity index is 533. The van der Waals surface area contributed by atoms with Crippen LogP contribution in [0.3, 0.4) is 0 Å². The van der Waals surface area contributed by atoms with E-state index in [0.29, 0.717) is 20.8 Å². The minimum absolute atomic E-state index is 0.103. The summed E-state index contributed by atoms with van der Waals surface area (Å²) in [6.45, 7) is 0. The molecule has 1 saturated heterocycles. The average molecular weight is 308 g/mol. The molecule has 18 heavy (non-hydrogen) atoms. The van der Waals surface area contributed by atoms with Crippen molar-refractivity contribution in [1.82, 2.24) is 4.90 Å². The highest BCUT2D eigenvalue weighted by Gasteiger charge is 2.36. The fourth-order valence-electron chi connectivity index (χ4n) is 1.69. The van der Waals surface area contributed by atoms with Crippen molar-refractivity contribution in [3.63, 3.8) is 0 Å². The van der Waals surface area contributed by atoms with Gasteiger partial charge < -0.3 is 5.32 Å². The monoisotopic (exact) mass is 306 g/mol. The number of carbonyl (C=O) groups is 2. The quantitative estimate of drug-likeness (QED) is 0.675. The summed E-state index contributed by atoms with van der Waals surface area (Å²) in [5.41, 5.74) is 0.479. The summed E-state index contributed by atoms with van der Waals surface area (Å²) in [6.07, 6.45) is 0.103. The number of hydrogen-bond acceptors (Lipinski definition) is 3. The van der Waals surface area contributed by atoms with Gasteiger partial charge in [0, 0.05) is 7.05 Å². The smallest absolute Gasteiger partial charge is 0.251 e. The van der Waals surface area contributed by atoms with Crippen molar-refractivity contribution in [2.45, 2.75) is 12.5 Å². The van der Waals surface area contributed by atoms with Crippen molar-refractivity contribution >= 4 is 52.3 Å². The van der Waals surface area contributed by atoms with E-state index in [-0.39, 0.29) is 18.2 Å². The normalized spacial score (nSPS) is 19.6. The van der Waals surface area contributed by atoms with Gasteiger partial charge in [0.2, 0.25) is 5.91 Å². The lowest BCUT2D eigenvalue weighted by atomic mass is 10.2. The fraction of sp³-hybridized carbons (Fsp3) is 0.273. The maximum Gasteiger partial charge on any atom is 0.251 e. The van der Waals surface area contributed by atoms with Crippen LogP contribution in [0.5, 0.6) is 0 Å². The summed E-state index contributed by atoms with van der Waals surface area (Å²) >= 11 is 17.7. The molecular weight excluding hydrogens is 298 g/mol. The standard InChI is InChI=1S/C11H9Cl3N2O2/c1-16-10(17)4-9(11(16)18)15-8-3-6(13)5(12)2-7(8)14/h2-3,9,15H,4H2,1H3. The molecule has 1 aromatic carbocycles. The van der Waals surface area contributed by atoms with Crippen molar-refractivity contribution in [1.29, 1.82) is 0 Å². The van der Waals surface area contributed by atoms with Gasteiger partial charge in [-0.15, -0.1) is 0 Å². The number of imide groups is 1. The first-order valence-corrected chi connectivity index (χ1v) is 6.25. The lowest BCUT2D eigenvalue weighted by Gasteiger charge is -2.14. The molecule has 1 unspecified atom stereocenters. The molecule has 4 nitrogen and oxygen atoms in total. The summed E-state index contributed by atoms with van der Waals surface area (Å²) in [6, 6.07) is 2.40. The molecule has 0 aromatic heterocycles. The van der Waals surface area contributed by atoms with Crippen molar-refractivity contribution in [2.24, 2.45) is 0 Å². The Morgan fingerprint density at radius 1 is 1.17 bits per heavy atom. The van der Waals surface area contributed by atoms with Gasteiger partial charge >= 0.3 is 0 Å². The number of benzene rings is 1. The summed E-state index contributed by atoms with van der Waals surface area (Å²) in [5, 5.41) is 3.91. The third kappa shape index (κ3) is 2.41. The molecule has 0 radical (unpaired) electrons. The second kappa shape index (κ2) is 4.96. The van der Waals surface area contributed by atoms with E-state index in [1.165, 1.54) is 19.2 Å². The van der Waals surface area contributed by atoms with Crippen molar-refractivity contribution < 1.29 is 9.59 Å². The molecule has 1 N–H and O–H groups in total. The van der Waals surface area contributed by atoms with Gasteiger partial charge in [0.05, 0.1) is 27.2 Å². The number of halogens is 3. The number of rotatable bonds is 2. The molecule has 0 bridgehead atoms. The van der Waals surface area contributed by atoms with Gasteiger partial charge in [0.25, 0.3) is 5.91 Å². The molecule has 2 rings (SSSR count). The van der Waals surface area contributed by atoms with Gasteiger partial charge in [-0.25, -0.2) is 0 Å². The van der Waals surface area contributed by atoms with E-state index >= 15 is 0 Å². The topological polar surface area (TPSA) is 49.4 Å². The second-order valence-corrected chi connectivity index (χ2v) is 5.16. The highest BCUT2D eigenvalue weighted by atomic mass is 35.5. The fourth-order valence-corrected chi connectivity index (χ4v) is 2.29. The highest BCUT2D eigenvalue weighted by Crippen LogP contribution is 2.33. The van der Waals surface area contributed by atoms with Crippen LogP contribution in [0.1, 0.15) is 6.42 Å². The lowest BCUT2D eigenvalue weighted by Crippen LogP contribution is -2.31. The Morgan fingerprint density at radius 3 is 2.33 bits per heavy atom. The molecule has 7 heteroatoms. The van der Waals surface area contributed by atoms with Crippen LogP contribution in [0.15, 0.2) is 12.1 Å². The number of nitrogens with zero attached hydrogens (tertiary/aromatic N) is 1. The van der Waals surface area contributed by atoms with Crippen LogP contribution in [0.4, 0.5) is 5.69 Å². The molecule has 1 aliphatic rings. The first-order valence-electron chi connectivity index (χ1n) is 5.11. The molecule has 1 aromatic rings. The maximum atomic E-state index is 11.7. The van der Waals surface area contributed by atoms with Crippen LogP contribution < -0.4 is 5.32 Å². The third-order valence-electron chi connectivity index (χ3n) is 2.72. The summed E-state index contributed by atoms with van der Waals surface area (Å²) in [5.74, 6) is -0.518. The minimum Gasteiger partial charge on any atom is -0.372 e. The summed E-state index contributed by atoms with van der Waals surface area (Å²) in [4.78, 5) is 24.2. The summed E-state index contributed by atoms with van der Waals surface area (Å²) < 4.78 is 0. The number of anilines is 1. The molecule has 1 atom stereocenters. The Morgan fingerprint density at radius 2 is 1.78 bits per heavy atom. The van der Waals surface area contributed by atoms with Crippen LogP contribution in [0.25, 0.3) is 0 Å². The number of nitrogens with one attached hydrogen (secondary N) is 1. The second-order valence-electron chi connectivity index (χ2n) is 3.94. The van der Waals surface area contributed by atoms with Gasteiger partial charge in [0.15, 0.2) is 0 Å². The van der Waals surface area contributed by atoms with E-state index in [1.54, 1.807) is 0 Å². The van der Waals surface area contributed by atoms with Crippen LogP contribution in [0, 0.1) is 0 Å². The van der Waals surface area contributed by atoms with E-state index < -0.39 is 6.04 Å². The number of carbonyl (C=O) groups excluding carboxylic acids is 2. The predicted molar refractivity (Wildman–Crippen MR) is 71.3 cm³/mol. The Labute approximate surface area is 119 Å². The molecule has 2 amide bonds. The van der Waals surface area contributed by atoms with Gasteiger partial charge in [-0.3, -0.25) is 14.5 Å². The molecule has 0 spiro atoms. The van der Waals surface area contributed by atoms with Gasteiger partial charge in [-0.1, -0.05) is 34.8 Å². The Kier molecular flexibility index (Phi) is 3.71.